The Morgan fingerprint density at radius 3 is 3.08 bits per heavy atom. The van der Waals surface area contributed by atoms with Crippen molar-refractivity contribution in [2.45, 2.75) is 25.7 Å². The zero-order chi connectivity index (χ0) is 9.26. The van der Waals surface area contributed by atoms with Crippen molar-refractivity contribution >= 4 is 11.3 Å². The van der Waals surface area contributed by atoms with E-state index >= 15 is 0 Å². The normalized spacial score (nSPS) is 24.0. The highest BCUT2D eigenvalue weighted by atomic mass is 32.1. The molecule has 1 aromatic heterocycles. The summed E-state index contributed by atoms with van der Waals surface area (Å²) in [6, 6.07) is 0. The maximum Gasteiger partial charge on any atom is 0.0925 e. The number of rotatable bonds is 2. The van der Waals surface area contributed by atoms with Crippen LogP contribution in [-0.2, 0) is 6.42 Å². The molecule has 1 aromatic rings. The minimum atomic E-state index is 0.696. The molecule has 0 spiro atoms. The van der Waals surface area contributed by atoms with E-state index in [1.165, 1.54) is 30.2 Å². The van der Waals surface area contributed by atoms with Crippen LogP contribution in [0.5, 0.6) is 0 Å². The van der Waals surface area contributed by atoms with Crippen molar-refractivity contribution in [1.82, 2.24) is 9.88 Å². The minimum Gasteiger partial charge on any atom is -0.306 e. The summed E-state index contributed by atoms with van der Waals surface area (Å²) in [4.78, 5) is 7.02. The monoisotopic (exact) mass is 196 g/mol. The first-order valence-electron chi connectivity index (χ1n) is 4.92. The van der Waals surface area contributed by atoms with E-state index in [9.17, 15) is 0 Å². The van der Waals surface area contributed by atoms with Crippen LogP contribution >= 0.6 is 11.3 Å². The Morgan fingerprint density at radius 2 is 2.54 bits per heavy atom. The van der Waals surface area contributed by atoms with Gasteiger partial charge in [-0.3, -0.25) is 0 Å². The van der Waals surface area contributed by atoms with Gasteiger partial charge in [0.05, 0.1) is 10.7 Å². The smallest absolute Gasteiger partial charge is 0.0925 e. The van der Waals surface area contributed by atoms with Crippen LogP contribution in [-0.4, -0.2) is 30.0 Å². The fraction of sp³-hybridized carbons (Fsp3) is 0.700. The molecule has 1 unspecified atom stereocenters. The first kappa shape index (κ1) is 9.16. The van der Waals surface area contributed by atoms with Crippen molar-refractivity contribution < 1.29 is 0 Å². The van der Waals surface area contributed by atoms with Gasteiger partial charge >= 0.3 is 0 Å². The average Bonchev–Trinajstić information content (AvgIpc) is 2.71. The highest BCUT2D eigenvalue weighted by Gasteiger charge is 2.22. The lowest BCUT2D eigenvalue weighted by Gasteiger charge is -2.06. The average molecular weight is 196 g/mol. The molecular weight excluding hydrogens is 180 g/mol. The van der Waals surface area contributed by atoms with Gasteiger partial charge in [-0.1, -0.05) is 6.92 Å². The Balaban J connectivity index is 2.08. The van der Waals surface area contributed by atoms with Crippen LogP contribution in [0.4, 0.5) is 0 Å². The van der Waals surface area contributed by atoms with Gasteiger partial charge in [-0.25, -0.2) is 4.98 Å². The first-order valence-corrected chi connectivity index (χ1v) is 5.80. The Hall–Kier alpha value is -0.410. The van der Waals surface area contributed by atoms with Gasteiger partial charge in [-0.05, 0) is 26.4 Å². The molecular formula is C10H16N2S. The third-order valence-corrected chi connectivity index (χ3v) is 3.69. The maximum atomic E-state index is 4.64. The molecule has 0 amide bonds. The van der Waals surface area contributed by atoms with Gasteiger partial charge in [0.25, 0.3) is 0 Å². The Bertz CT molecular complexity index is 282. The highest BCUT2D eigenvalue weighted by Crippen LogP contribution is 2.27. The molecule has 0 N–H and O–H groups in total. The molecule has 2 heterocycles. The van der Waals surface area contributed by atoms with E-state index in [1.54, 1.807) is 0 Å². The number of aryl methyl sites for hydroxylation is 1. The molecule has 1 fully saturated rings. The van der Waals surface area contributed by atoms with Gasteiger partial charge in [0.15, 0.2) is 0 Å². The quantitative estimate of drug-likeness (QED) is 0.720. The summed E-state index contributed by atoms with van der Waals surface area (Å²) in [6.07, 6.45) is 2.36. The van der Waals surface area contributed by atoms with Crippen LogP contribution in [0, 0.1) is 0 Å². The van der Waals surface area contributed by atoms with Gasteiger partial charge in [-0.2, -0.15) is 0 Å². The summed E-state index contributed by atoms with van der Waals surface area (Å²) in [5.41, 5.74) is 1.33. The first-order chi connectivity index (χ1) is 6.29. The third kappa shape index (κ3) is 1.92. The fourth-order valence-corrected chi connectivity index (χ4v) is 2.68. The molecule has 0 aliphatic carbocycles. The van der Waals surface area contributed by atoms with Crippen molar-refractivity contribution in [3.8, 4) is 0 Å². The molecule has 72 valence electrons. The third-order valence-electron chi connectivity index (χ3n) is 2.68. The summed E-state index contributed by atoms with van der Waals surface area (Å²) in [5, 5.41) is 3.52. The van der Waals surface area contributed by atoms with Crippen LogP contribution in [0.15, 0.2) is 5.38 Å². The summed E-state index contributed by atoms with van der Waals surface area (Å²) in [6.45, 7) is 4.58. The number of thiazole rings is 1. The molecule has 13 heavy (non-hydrogen) atoms. The number of hydrogen-bond acceptors (Lipinski definition) is 3. The second-order valence-corrected chi connectivity index (χ2v) is 4.71. The number of aromatic nitrogens is 1. The lowest BCUT2D eigenvalue weighted by molar-refractivity contribution is 0.411. The number of nitrogens with zero attached hydrogens (tertiary/aromatic N) is 2. The van der Waals surface area contributed by atoms with Crippen LogP contribution in [0.3, 0.4) is 0 Å². The van der Waals surface area contributed by atoms with E-state index in [0.717, 1.165) is 6.42 Å². The molecule has 1 saturated heterocycles. The zero-order valence-corrected chi connectivity index (χ0v) is 9.10. The summed E-state index contributed by atoms with van der Waals surface area (Å²) >= 11 is 1.81. The van der Waals surface area contributed by atoms with Crippen LogP contribution in [0.1, 0.15) is 30.0 Å². The fourth-order valence-electron chi connectivity index (χ4n) is 1.85. The lowest BCUT2D eigenvalue weighted by Crippen LogP contribution is -2.13. The topological polar surface area (TPSA) is 16.1 Å². The van der Waals surface area contributed by atoms with E-state index in [0.29, 0.717) is 5.92 Å². The Kier molecular flexibility index (Phi) is 2.65. The van der Waals surface area contributed by atoms with Gasteiger partial charge in [0.1, 0.15) is 0 Å². The second kappa shape index (κ2) is 3.76. The highest BCUT2D eigenvalue weighted by molar-refractivity contribution is 7.09. The SMILES string of the molecule is CCc1nc(C2CCN(C)C2)cs1. The molecule has 0 bridgehead atoms. The van der Waals surface area contributed by atoms with Crippen molar-refractivity contribution in [3.63, 3.8) is 0 Å². The molecule has 0 saturated carbocycles. The molecule has 1 aliphatic rings. The van der Waals surface area contributed by atoms with Crippen LogP contribution in [0.2, 0.25) is 0 Å². The molecule has 1 atom stereocenters. The molecule has 2 rings (SSSR count). The number of likely N-dealkylation sites (N-methyl/N-ethyl adjacent to an activating group) is 1. The molecule has 0 radical (unpaired) electrons. The van der Waals surface area contributed by atoms with Gasteiger partial charge in [0, 0.05) is 17.8 Å². The Labute approximate surface area is 83.6 Å². The summed E-state index contributed by atoms with van der Waals surface area (Å²) in [5.74, 6) is 0.696. The van der Waals surface area contributed by atoms with Crippen LogP contribution < -0.4 is 0 Å². The number of likely N-dealkylation sites (tertiary alicyclic amines) is 1. The van der Waals surface area contributed by atoms with E-state index < -0.39 is 0 Å². The van der Waals surface area contributed by atoms with Crippen molar-refractivity contribution in [2.75, 3.05) is 20.1 Å². The number of hydrogen-bond donors (Lipinski definition) is 0. The van der Waals surface area contributed by atoms with Crippen molar-refractivity contribution in [2.24, 2.45) is 0 Å². The van der Waals surface area contributed by atoms with E-state index in [1.807, 2.05) is 11.3 Å². The van der Waals surface area contributed by atoms with E-state index in [2.05, 4.69) is 29.2 Å². The van der Waals surface area contributed by atoms with Gasteiger partial charge in [-0.15, -0.1) is 11.3 Å². The standard InChI is InChI=1S/C10H16N2S/c1-3-10-11-9(7-13-10)8-4-5-12(2)6-8/h7-8H,3-6H2,1-2H3. The largest absolute Gasteiger partial charge is 0.306 e. The van der Waals surface area contributed by atoms with E-state index in [4.69, 9.17) is 0 Å². The predicted octanol–water partition coefficient (Wildman–Crippen LogP) is 2.12. The van der Waals surface area contributed by atoms with Gasteiger partial charge < -0.3 is 4.90 Å². The van der Waals surface area contributed by atoms with Gasteiger partial charge in [0.2, 0.25) is 0 Å². The second-order valence-electron chi connectivity index (χ2n) is 3.77. The van der Waals surface area contributed by atoms with Crippen molar-refractivity contribution in [1.29, 1.82) is 0 Å². The summed E-state index contributed by atoms with van der Waals surface area (Å²) < 4.78 is 0. The zero-order valence-electron chi connectivity index (χ0n) is 8.29. The predicted molar refractivity (Wildman–Crippen MR) is 56.3 cm³/mol. The van der Waals surface area contributed by atoms with E-state index in [-0.39, 0.29) is 0 Å². The lowest BCUT2D eigenvalue weighted by atomic mass is 10.1. The molecule has 0 aromatic carbocycles. The summed E-state index contributed by atoms with van der Waals surface area (Å²) in [7, 11) is 2.19. The maximum absolute atomic E-state index is 4.64. The van der Waals surface area contributed by atoms with Crippen LogP contribution in [0.25, 0.3) is 0 Å². The van der Waals surface area contributed by atoms with Crippen molar-refractivity contribution in [3.05, 3.63) is 16.1 Å². The molecule has 2 nitrogen and oxygen atoms in total. The molecule has 3 heteroatoms. The minimum absolute atomic E-state index is 0.696. The molecule has 1 aliphatic heterocycles. The Morgan fingerprint density at radius 1 is 1.69 bits per heavy atom.